The number of rotatable bonds is 2. The zero-order chi connectivity index (χ0) is 14.8. The number of nitrogens with zero attached hydrogens (tertiary/aromatic N) is 1. The summed E-state index contributed by atoms with van der Waals surface area (Å²) < 4.78 is 0. The molecule has 0 unspecified atom stereocenters. The van der Waals surface area contributed by atoms with Gasteiger partial charge in [0.1, 0.15) is 0 Å². The number of hydrogen-bond acceptors (Lipinski definition) is 3. The van der Waals surface area contributed by atoms with Crippen molar-refractivity contribution in [1.29, 1.82) is 0 Å². The SMILES string of the molecule is Cc1ccc(NC(=O)c2ccc(=O)[nH]c2)c2cccnc12. The number of anilines is 1. The van der Waals surface area contributed by atoms with Crippen LogP contribution in [0.15, 0.2) is 53.6 Å². The van der Waals surface area contributed by atoms with Gasteiger partial charge in [0.05, 0.1) is 16.8 Å². The number of H-pyrrole nitrogens is 1. The highest BCUT2D eigenvalue weighted by atomic mass is 16.1. The lowest BCUT2D eigenvalue weighted by Crippen LogP contribution is -2.14. The molecule has 0 saturated carbocycles. The minimum Gasteiger partial charge on any atom is -0.328 e. The van der Waals surface area contributed by atoms with Crippen LogP contribution in [0.4, 0.5) is 5.69 Å². The summed E-state index contributed by atoms with van der Waals surface area (Å²) in [5.74, 6) is -0.278. The van der Waals surface area contributed by atoms with Gasteiger partial charge in [-0.15, -0.1) is 0 Å². The van der Waals surface area contributed by atoms with Crippen LogP contribution in [0.1, 0.15) is 15.9 Å². The van der Waals surface area contributed by atoms with Crippen molar-refractivity contribution in [3.8, 4) is 0 Å². The molecule has 0 atom stereocenters. The Kier molecular flexibility index (Phi) is 3.23. The van der Waals surface area contributed by atoms with Crippen LogP contribution in [0.25, 0.3) is 10.9 Å². The maximum Gasteiger partial charge on any atom is 0.257 e. The number of benzene rings is 1. The summed E-state index contributed by atoms with van der Waals surface area (Å²) in [5, 5.41) is 3.73. The minimum absolute atomic E-state index is 0.239. The molecule has 0 aliphatic rings. The summed E-state index contributed by atoms with van der Waals surface area (Å²) >= 11 is 0. The van der Waals surface area contributed by atoms with E-state index in [0.29, 0.717) is 11.3 Å². The van der Waals surface area contributed by atoms with E-state index in [9.17, 15) is 9.59 Å². The van der Waals surface area contributed by atoms with Crippen molar-refractivity contribution in [2.24, 2.45) is 0 Å². The van der Waals surface area contributed by atoms with Crippen molar-refractivity contribution in [3.63, 3.8) is 0 Å². The molecule has 0 aliphatic heterocycles. The van der Waals surface area contributed by atoms with E-state index in [2.05, 4.69) is 15.3 Å². The van der Waals surface area contributed by atoms with E-state index in [1.165, 1.54) is 18.3 Å². The fourth-order valence-corrected chi connectivity index (χ4v) is 2.17. The van der Waals surface area contributed by atoms with Gasteiger partial charge in [-0.1, -0.05) is 6.07 Å². The monoisotopic (exact) mass is 279 g/mol. The van der Waals surface area contributed by atoms with Gasteiger partial charge in [-0.05, 0) is 36.8 Å². The second-order valence-electron chi connectivity index (χ2n) is 4.73. The average molecular weight is 279 g/mol. The first-order chi connectivity index (χ1) is 10.1. The van der Waals surface area contributed by atoms with Crippen molar-refractivity contribution in [3.05, 3.63) is 70.3 Å². The van der Waals surface area contributed by atoms with Crippen molar-refractivity contribution < 1.29 is 4.79 Å². The second kappa shape index (κ2) is 5.20. The van der Waals surface area contributed by atoms with Crippen molar-refractivity contribution in [2.75, 3.05) is 5.32 Å². The number of pyridine rings is 2. The molecule has 0 saturated heterocycles. The molecule has 21 heavy (non-hydrogen) atoms. The molecule has 3 aromatic rings. The normalized spacial score (nSPS) is 10.5. The lowest BCUT2D eigenvalue weighted by atomic mass is 10.1. The summed E-state index contributed by atoms with van der Waals surface area (Å²) in [6.45, 7) is 1.98. The molecule has 3 rings (SSSR count). The predicted octanol–water partition coefficient (Wildman–Crippen LogP) is 2.48. The molecule has 1 amide bonds. The highest BCUT2D eigenvalue weighted by Crippen LogP contribution is 2.24. The Balaban J connectivity index is 1.98. The van der Waals surface area contributed by atoms with Gasteiger partial charge < -0.3 is 10.3 Å². The number of nitrogens with one attached hydrogen (secondary N) is 2. The van der Waals surface area contributed by atoms with E-state index < -0.39 is 0 Å². The highest BCUT2D eigenvalue weighted by molar-refractivity contribution is 6.08. The van der Waals surface area contributed by atoms with Crippen LogP contribution in [0, 0.1) is 6.92 Å². The van der Waals surface area contributed by atoms with Gasteiger partial charge in [0.25, 0.3) is 5.91 Å². The van der Waals surface area contributed by atoms with Crippen molar-refractivity contribution in [1.82, 2.24) is 9.97 Å². The Morgan fingerprint density at radius 3 is 2.81 bits per heavy atom. The third kappa shape index (κ3) is 2.53. The molecular formula is C16H13N3O2. The third-order valence-electron chi connectivity index (χ3n) is 3.27. The number of aromatic nitrogens is 2. The molecule has 0 radical (unpaired) electrons. The van der Waals surface area contributed by atoms with Gasteiger partial charge in [0.2, 0.25) is 5.56 Å². The average Bonchev–Trinajstić information content (AvgIpc) is 2.51. The Labute approximate surface area is 120 Å². The Hall–Kier alpha value is -2.95. The summed E-state index contributed by atoms with van der Waals surface area (Å²) in [5.41, 5.74) is 2.76. The van der Waals surface area contributed by atoms with Gasteiger partial charge in [-0.2, -0.15) is 0 Å². The molecule has 0 spiro atoms. The highest BCUT2D eigenvalue weighted by Gasteiger charge is 2.09. The quantitative estimate of drug-likeness (QED) is 0.756. The molecular weight excluding hydrogens is 266 g/mol. The van der Waals surface area contributed by atoms with Gasteiger partial charge in [-0.25, -0.2) is 0 Å². The van der Waals surface area contributed by atoms with Crippen molar-refractivity contribution >= 4 is 22.5 Å². The van der Waals surface area contributed by atoms with E-state index in [-0.39, 0.29) is 11.5 Å². The molecule has 2 N–H and O–H groups in total. The molecule has 5 heteroatoms. The molecule has 0 aliphatic carbocycles. The Morgan fingerprint density at radius 1 is 1.19 bits per heavy atom. The lowest BCUT2D eigenvalue weighted by molar-refractivity contribution is 0.102. The van der Waals surface area contributed by atoms with Gasteiger partial charge in [0, 0.05) is 23.8 Å². The van der Waals surface area contributed by atoms with Crippen LogP contribution in [0.5, 0.6) is 0 Å². The number of fused-ring (bicyclic) bond motifs is 1. The maximum atomic E-state index is 12.2. The molecule has 0 bridgehead atoms. The lowest BCUT2D eigenvalue weighted by Gasteiger charge is -2.09. The Bertz CT molecular complexity index is 864. The first-order valence-corrected chi connectivity index (χ1v) is 6.49. The van der Waals surface area contributed by atoms with Gasteiger partial charge in [-0.3, -0.25) is 14.6 Å². The van der Waals surface area contributed by atoms with Crippen LogP contribution >= 0.6 is 0 Å². The number of carbonyl (C=O) groups excluding carboxylic acids is 1. The summed E-state index contributed by atoms with van der Waals surface area (Å²) in [6, 6.07) is 10.3. The number of aromatic amines is 1. The van der Waals surface area contributed by atoms with Crippen LogP contribution in [0.3, 0.4) is 0 Å². The standard InChI is InChI=1S/C16H13N3O2/c1-10-4-6-13(12-3-2-8-17-15(10)12)19-16(21)11-5-7-14(20)18-9-11/h2-9H,1H3,(H,18,20)(H,19,21). The zero-order valence-electron chi connectivity index (χ0n) is 11.4. The molecule has 2 aromatic heterocycles. The molecule has 1 aromatic carbocycles. The van der Waals surface area contributed by atoms with E-state index in [4.69, 9.17) is 0 Å². The first-order valence-electron chi connectivity index (χ1n) is 6.49. The van der Waals surface area contributed by atoms with Crippen LogP contribution in [-0.2, 0) is 0 Å². The van der Waals surface area contributed by atoms with Crippen molar-refractivity contribution in [2.45, 2.75) is 6.92 Å². The van der Waals surface area contributed by atoms with E-state index in [0.717, 1.165) is 16.5 Å². The second-order valence-corrected chi connectivity index (χ2v) is 4.73. The van der Waals surface area contributed by atoms with Crippen LogP contribution in [0.2, 0.25) is 0 Å². The topological polar surface area (TPSA) is 74.8 Å². The van der Waals surface area contributed by atoms with Crippen LogP contribution < -0.4 is 10.9 Å². The summed E-state index contributed by atoms with van der Waals surface area (Å²) in [6.07, 6.45) is 3.12. The fourth-order valence-electron chi connectivity index (χ4n) is 2.17. The number of aryl methyl sites for hydroxylation is 1. The van der Waals surface area contributed by atoms with Gasteiger partial charge >= 0.3 is 0 Å². The third-order valence-corrected chi connectivity index (χ3v) is 3.27. The van der Waals surface area contributed by atoms with E-state index in [1.807, 2.05) is 31.2 Å². The number of amides is 1. The smallest absolute Gasteiger partial charge is 0.257 e. The van der Waals surface area contributed by atoms with E-state index >= 15 is 0 Å². The molecule has 2 heterocycles. The maximum absolute atomic E-state index is 12.2. The largest absolute Gasteiger partial charge is 0.328 e. The molecule has 104 valence electrons. The Morgan fingerprint density at radius 2 is 2.05 bits per heavy atom. The van der Waals surface area contributed by atoms with Crippen LogP contribution in [-0.4, -0.2) is 15.9 Å². The van der Waals surface area contributed by atoms with E-state index in [1.54, 1.807) is 6.20 Å². The first kappa shape index (κ1) is 13.1. The summed E-state index contributed by atoms with van der Waals surface area (Å²) in [7, 11) is 0. The molecule has 5 nitrogen and oxygen atoms in total. The zero-order valence-corrected chi connectivity index (χ0v) is 11.4. The number of hydrogen-bond donors (Lipinski definition) is 2. The van der Waals surface area contributed by atoms with Gasteiger partial charge in [0.15, 0.2) is 0 Å². The minimum atomic E-state index is -0.278. The fraction of sp³-hybridized carbons (Fsp3) is 0.0625. The predicted molar refractivity (Wildman–Crippen MR) is 81.5 cm³/mol. The molecule has 0 fully saturated rings. The number of carbonyl (C=O) groups is 1. The summed E-state index contributed by atoms with van der Waals surface area (Å²) in [4.78, 5) is 30.0.